The number of carbonyl (C=O) groups is 1. The summed E-state index contributed by atoms with van der Waals surface area (Å²) < 4.78 is 41.4. The Morgan fingerprint density at radius 2 is 1.64 bits per heavy atom. The van der Waals surface area contributed by atoms with Crippen LogP contribution in [0, 0.1) is 12.7 Å². The van der Waals surface area contributed by atoms with Gasteiger partial charge in [0, 0.05) is 10.6 Å². The van der Waals surface area contributed by atoms with Crippen LogP contribution in [0.2, 0.25) is 5.02 Å². The molecule has 0 atom stereocenters. The number of rotatable bonds is 5. The fourth-order valence-electron chi connectivity index (χ4n) is 2.45. The van der Waals surface area contributed by atoms with E-state index in [-0.39, 0.29) is 21.8 Å². The second-order valence-electron chi connectivity index (χ2n) is 6.02. The molecule has 0 unspecified atom stereocenters. The molecule has 8 heteroatoms. The van der Waals surface area contributed by atoms with E-state index in [1.54, 1.807) is 19.1 Å². The maximum atomic E-state index is 13.7. The van der Waals surface area contributed by atoms with Crippen LogP contribution in [-0.4, -0.2) is 14.3 Å². The molecular formula is C20H16ClFN2O3S. The van der Waals surface area contributed by atoms with Crippen molar-refractivity contribution in [2.24, 2.45) is 0 Å². The summed E-state index contributed by atoms with van der Waals surface area (Å²) in [4.78, 5) is 12.5. The first-order valence-corrected chi connectivity index (χ1v) is 10.1. The highest BCUT2D eigenvalue weighted by molar-refractivity contribution is 7.92. The average molecular weight is 419 g/mol. The highest BCUT2D eigenvalue weighted by Gasteiger charge is 2.17. The second kappa shape index (κ2) is 8.00. The molecule has 3 rings (SSSR count). The van der Waals surface area contributed by atoms with Crippen molar-refractivity contribution in [3.05, 3.63) is 88.7 Å². The van der Waals surface area contributed by atoms with Crippen LogP contribution in [0.4, 0.5) is 15.8 Å². The molecule has 0 fully saturated rings. The highest BCUT2D eigenvalue weighted by atomic mass is 35.5. The van der Waals surface area contributed by atoms with E-state index in [0.29, 0.717) is 10.6 Å². The van der Waals surface area contributed by atoms with Gasteiger partial charge in [0.05, 0.1) is 16.3 Å². The number of hydrogen-bond acceptors (Lipinski definition) is 3. The number of para-hydroxylation sites is 1. The summed E-state index contributed by atoms with van der Waals surface area (Å²) in [7, 11) is -3.86. The fourth-order valence-corrected chi connectivity index (χ4v) is 3.70. The van der Waals surface area contributed by atoms with Crippen LogP contribution < -0.4 is 10.0 Å². The summed E-state index contributed by atoms with van der Waals surface area (Å²) in [6, 6.07) is 16.0. The third kappa shape index (κ3) is 4.49. The van der Waals surface area contributed by atoms with Crippen LogP contribution in [-0.2, 0) is 10.0 Å². The van der Waals surface area contributed by atoms with Crippen molar-refractivity contribution in [2.45, 2.75) is 11.8 Å². The zero-order valence-corrected chi connectivity index (χ0v) is 16.3. The molecular weight excluding hydrogens is 403 g/mol. The van der Waals surface area contributed by atoms with Crippen LogP contribution in [0.5, 0.6) is 0 Å². The van der Waals surface area contributed by atoms with Gasteiger partial charge < -0.3 is 5.32 Å². The van der Waals surface area contributed by atoms with Crippen LogP contribution in [0.3, 0.4) is 0 Å². The Balaban J connectivity index is 1.86. The number of nitrogens with one attached hydrogen (secondary N) is 2. The van der Waals surface area contributed by atoms with E-state index in [1.165, 1.54) is 54.6 Å². The maximum absolute atomic E-state index is 13.7. The molecule has 0 spiro atoms. The first kappa shape index (κ1) is 19.9. The molecule has 0 aliphatic rings. The first-order valence-electron chi connectivity index (χ1n) is 8.21. The number of hydrogen-bond donors (Lipinski definition) is 2. The molecule has 0 aliphatic heterocycles. The molecule has 144 valence electrons. The third-order valence-electron chi connectivity index (χ3n) is 3.99. The zero-order valence-electron chi connectivity index (χ0n) is 14.7. The minimum absolute atomic E-state index is 0.0383. The van der Waals surface area contributed by atoms with E-state index in [1.807, 2.05) is 0 Å². The monoisotopic (exact) mass is 418 g/mol. The topological polar surface area (TPSA) is 75.3 Å². The average Bonchev–Trinajstić information content (AvgIpc) is 2.65. The predicted molar refractivity (Wildman–Crippen MR) is 108 cm³/mol. The molecule has 0 heterocycles. The van der Waals surface area contributed by atoms with Crippen LogP contribution in [0.25, 0.3) is 0 Å². The van der Waals surface area contributed by atoms with Gasteiger partial charge in [-0.1, -0.05) is 29.8 Å². The molecule has 5 nitrogen and oxygen atoms in total. The zero-order chi connectivity index (χ0) is 20.3. The molecule has 0 saturated carbocycles. The predicted octanol–water partition coefficient (Wildman–Crippen LogP) is 4.84. The molecule has 2 N–H and O–H groups in total. The Morgan fingerprint density at radius 3 is 2.32 bits per heavy atom. The van der Waals surface area contributed by atoms with Gasteiger partial charge in [0.25, 0.3) is 15.9 Å². The van der Waals surface area contributed by atoms with Crippen molar-refractivity contribution in [2.75, 3.05) is 10.0 Å². The lowest BCUT2D eigenvalue weighted by Crippen LogP contribution is -2.16. The van der Waals surface area contributed by atoms with Crippen molar-refractivity contribution in [1.29, 1.82) is 0 Å². The number of anilines is 2. The molecule has 28 heavy (non-hydrogen) atoms. The van der Waals surface area contributed by atoms with Crippen molar-refractivity contribution in [1.82, 2.24) is 0 Å². The minimum atomic E-state index is -3.86. The van der Waals surface area contributed by atoms with E-state index >= 15 is 0 Å². The smallest absolute Gasteiger partial charge is 0.261 e. The molecule has 3 aromatic carbocycles. The van der Waals surface area contributed by atoms with Crippen molar-refractivity contribution < 1.29 is 17.6 Å². The normalized spacial score (nSPS) is 11.1. The van der Waals surface area contributed by atoms with Crippen LogP contribution >= 0.6 is 11.6 Å². The summed E-state index contributed by atoms with van der Waals surface area (Å²) in [5.41, 5.74) is 1.09. The SMILES string of the molecule is Cc1ccc(C(=O)Nc2ccccc2F)cc1NS(=O)(=O)c1ccc(Cl)cc1. The van der Waals surface area contributed by atoms with Gasteiger partial charge in [0.15, 0.2) is 0 Å². The van der Waals surface area contributed by atoms with Gasteiger partial charge in [-0.25, -0.2) is 12.8 Å². The van der Waals surface area contributed by atoms with Gasteiger partial charge in [-0.05, 0) is 61.0 Å². The summed E-state index contributed by atoms with van der Waals surface area (Å²) in [6.45, 7) is 1.71. The second-order valence-corrected chi connectivity index (χ2v) is 8.14. The molecule has 0 bridgehead atoms. The molecule has 0 aliphatic carbocycles. The molecule has 3 aromatic rings. The van der Waals surface area contributed by atoms with Gasteiger partial charge in [0.2, 0.25) is 0 Å². The lowest BCUT2D eigenvalue weighted by atomic mass is 10.1. The molecule has 0 radical (unpaired) electrons. The van der Waals surface area contributed by atoms with Crippen molar-refractivity contribution >= 4 is 38.9 Å². The van der Waals surface area contributed by atoms with E-state index in [0.717, 1.165) is 0 Å². The van der Waals surface area contributed by atoms with Gasteiger partial charge in [-0.15, -0.1) is 0 Å². The fraction of sp³-hybridized carbons (Fsp3) is 0.0500. The van der Waals surface area contributed by atoms with Crippen molar-refractivity contribution in [3.63, 3.8) is 0 Å². The quantitative estimate of drug-likeness (QED) is 0.622. The van der Waals surface area contributed by atoms with Gasteiger partial charge >= 0.3 is 0 Å². The standard InChI is InChI=1S/C20H16ClFN2O3S/c1-13-6-7-14(20(25)23-18-5-3-2-4-17(18)22)12-19(13)24-28(26,27)16-10-8-15(21)9-11-16/h2-12,24H,1H3,(H,23,25). The largest absolute Gasteiger partial charge is 0.319 e. The Kier molecular flexibility index (Phi) is 5.67. The summed E-state index contributed by atoms with van der Waals surface area (Å²) in [6.07, 6.45) is 0. The number of sulfonamides is 1. The maximum Gasteiger partial charge on any atom is 0.261 e. The number of halogens is 2. The first-order chi connectivity index (χ1) is 13.3. The summed E-state index contributed by atoms with van der Waals surface area (Å²) in [5.74, 6) is -1.12. The summed E-state index contributed by atoms with van der Waals surface area (Å²) >= 11 is 5.79. The van der Waals surface area contributed by atoms with Crippen molar-refractivity contribution in [3.8, 4) is 0 Å². The van der Waals surface area contributed by atoms with Gasteiger partial charge in [-0.2, -0.15) is 0 Å². The number of benzene rings is 3. The van der Waals surface area contributed by atoms with Gasteiger partial charge in [0.1, 0.15) is 5.82 Å². The van der Waals surface area contributed by atoms with E-state index < -0.39 is 21.7 Å². The Morgan fingerprint density at radius 1 is 0.964 bits per heavy atom. The lowest BCUT2D eigenvalue weighted by molar-refractivity contribution is 0.102. The number of carbonyl (C=O) groups excluding carboxylic acids is 1. The third-order valence-corrected chi connectivity index (χ3v) is 5.62. The van der Waals surface area contributed by atoms with Gasteiger partial charge in [-0.3, -0.25) is 9.52 Å². The lowest BCUT2D eigenvalue weighted by Gasteiger charge is -2.13. The number of aryl methyl sites for hydroxylation is 1. The molecule has 0 aromatic heterocycles. The highest BCUT2D eigenvalue weighted by Crippen LogP contribution is 2.23. The Bertz CT molecular complexity index is 1130. The minimum Gasteiger partial charge on any atom is -0.319 e. The van der Waals surface area contributed by atoms with E-state index in [9.17, 15) is 17.6 Å². The Labute approximate surface area is 167 Å². The Hall–Kier alpha value is -2.90. The summed E-state index contributed by atoms with van der Waals surface area (Å²) in [5, 5.41) is 2.89. The van der Waals surface area contributed by atoms with Crippen LogP contribution in [0.15, 0.2) is 71.6 Å². The van der Waals surface area contributed by atoms with E-state index in [2.05, 4.69) is 10.0 Å². The van der Waals surface area contributed by atoms with Crippen LogP contribution in [0.1, 0.15) is 15.9 Å². The number of amides is 1. The van der Waals surface area contributed by atoms with E-state index in [4.69, 9.17) is 11.6 Å². The molecule has 1 amide bonds. The molecule has 0 saturated heterocycles.